The predicted molar refractivity (Wildman–Crippen MR) is 242 cm³/mol. The second-order valence-electron chi connectivity index (χ2n) is 18.9. The van der Waals surface area contributed by atoms with Crippen molar-refractivity contribution < 1.29 is 43.8 Å². The molecule has 5 saturated carbocycles. The first kappa shape index (κ1) is 47.1. The Balaban J connectivity index is 0.000000191. The van der Waals surface area contributed by atoms with Gasteiger partial charge in [0, 0.05) is 54.5 Å². The normalized spacial score (nSPS) is 43.5. The van der Waals surface area contributed by atoms with Gasteiger partial charge in [-0.3, -0.25) is 4.79 Å². The number of alkyl halides is 3. The fraction of sp³-hybridized carbons (Fsp3) is 0.829. The van der Waals surface area contributed by atoms with Gasteiger partial charge in [0.25, 0.3) is 0 Å². The van der Waals surface area contributed by atoms with Crippen molar-refractivity contribution in [3.8, 4) is 0 Å². The third kappa shape index (κ3) is 8.73. The standard InChI is InChI=1S/C21H29F3O3S.C20H30O.I3.I2/c1-13-8-10-19(2)14(12-13)4-5-15-16-6-7-18(20(16,3)11-9-17(15)19)27-28(25,26)21(22,23)24;1-13-8-10-19(2)14(12-13)4-5-15-16-6-7-18(21)20(16,3)11-9-17(15)19;1-3-2;1-2/h4,7,13,15-17H,5-6,8-12H2,1-3H3;4,13,15-17H,5-12H2,1-3H3;;/q;;-1;/t2*13-,15?,16?,17?,19-,20-;;/m00../s1. The van der Waals surface area contributed by atoms with Gasteiger partial charge in [-0.1, -0.05) is 64.8 Å². The SMILES string of the molecule is C[C@H]1CC[C@@]2(C)C(=CCC3C2CC[C@]2(C)C(=O)CCC32)C1.C[C@H]1CC[C@@]2(C)C(=CCC3C2CC[C@]2(C)C(OS(=O)(=O)C(F)(F)F)=CCC32)C1.II.I[I-]I. The van der Waals surface area contributed by atoms with E-state index in [-0.39, 0.29) is 22.5 Å². The van der Waals surface area contributed by atoms with Gasteiger partial charge in [-0.05, 0) is 154 Å². The van der Waals surface area contributed by atoms with Gasteiger partial charge in [0.1, 0.15) is 11.5 Å². The van der Waals surface area contributed by atoms with Gasteiger partial charge in [0.15, 0.2) is 0 Å². The van der Waals surface area contributed by atoms with Crippen molar-refractivity contribution in [2.75, 3.05) is 0 Å². The Morgan fingerprint density at radius 1 is 0.685 bits per heavy atom. The number of carbonyl (C=O) groups excluding carboxylic acids is 1. The summed E-state index contributed by atoms with van der Waals surface area (Å²) >= 11 is 9.54. The number of Topliss-reactive ketones (excluding diaryl/α,β-unsaturated/α-hetero) is 1. The van der Waals surface area contributed by atoms with E-state index in [1.165, 1.54) is 51.4 Å². The second kappa shape index (κ2) is 18.2. The van der Waals surface area contributed by atoms with Crippen LogP contribution < -0.4 is 13.3 Å². The predicted octanol–water partition coefficient (Wildman–Crippen LogP) is 11.6. The van der Waals surface area contributed by atoms with Gasteiger partial charge in [0.2, 0.25) is 0 Å². The van der Waals surface area contributed by atoms with Gasteiger partial charge in [-0.15, -0.1) is 0 Å². The molecule has 0 N–H and O–H groups in total. The van der Waals surface area contributed by atoms with Crippen LogP contribution in [0.5, 0.6) is 0 Å². The summed E-state index contributed by atoms with van der Waals surface area (Å²) in [7, 11) is -5.62. The van der Waals surface area contributed by atoms with Gasteiger partial charge in [0.05, 0.1) is 0 Å². The molecule has 0 saturated heterocycles. The molecule has 12 atom stereocenters. The van der Waals surface area contributed by atoms with E-state index in [2.05, 4.69) is 125 Å². The van der Waals surface area contributed by atoms with Crippen molar-refractivity contribution in [3.05, 3.63) is 35.1 Å². The van der Waals surface area contributed by atoms with Gasteiger partial charge < -0.3 is 4.18 Å². The average molecular weight is 1340 g/mol. The molecule has 0 amide bonds. The molecule has 4 nitrogen and oxygen atoms in total. The molecule has 0 aromatic rings. The van der Waals surface area contributed by atoms with E-state index in [0.717, 1.165) is 49.9 Å². The first-order valence-corrected chi connectivity index (χ1v) is 40.2. The Kier molecular flexibility index (Phi) is 15.9. The van der Waals surface area contributed by atoms with Crippen molar-refractivity contribution in [2.45, 2.75) is 143 Å². The molecule has 310 valence electrons. The molecule has 8 aliphatic rings. The Labute approximate surface area is 376 Å². The van der Waals surface area contributed by atoms with Crippen molar-refractivity contribution in [1.82, 2.24) is 0 Å². The fourth-order valence-electron chi connectivity index (χ4n) is 13.3. The van der Waals surface area contributed by atoms with E-state index in [1.54, 1.807) is 17.2 Å². The van der Waals surface area contributed by atoms with E-state index in [1.807, 2.05) is 6.92 Å². The van der Waals surface area contributed by atoms with Crippen LogP contribution in [0.4, 0.5) is 13.2 Å². The molecule has 0 heterocycles. The molecule has 8 rings (SSSR count). The molecule has 0 radical (unpaired) electrons. The number of hydrogen-bond acceptors (Lipinski definition) is 4. The molecule has 8 aliphatic carbocycles. The summed E-state index contributed by atoms with van der Waals surface area (Å²) in [4.78, 5) is 12.4. The van der Waals surface area contributed by atoms with Crippen LogP contribution >= 0.6 is 74.5 Å². The summed E-state index contributed by atoms with van der Waals surface area (Å²) in [6.07, 6.45) is 23.1. The van der Waals surface area contributed by atoms with Crippen LogP contribution in [-0.2, 0) is 19.1 Å². The Morgan fingerprint density at radius 3 is 1.59 bits per heavy atom. The Bertz CT molecular complexity index is 1600. The molecule has 6 unspecified atom stereocenters. The maximum absolute atomic E-state index is 12.8. The Hall–Kier alpha value is 2.08. The zero-order chi connectivity index (χ0) is 40.1. The van der Waals surface area contributed by atoms with Gasteiger partial charge in [-0.25, -0.2) is 0 Å². The van der Waals surface area contributed by atoms with Crippen molar-refractivity contribution in [2.24, 2.45) is 69.0 Å². The molecule has 54 heavy (non-hydrogen) atoms. The molecule has 0 aromatic heterocycles. The van der Waals surface area contributed by atoms with Crippen molar-refractivity contribution in [1.29, 1.82) is 0 Å². The zero-order valence-corrected chi connectivity index (χ0v) is 44.1. The molecular weight excluding hydrogens is 1280 g/mol. The topological polar surface area (TPSA) is 60.4 Å². The molecule has 0 aliphatic heterocycles. The van der Waals surface area contributed by atoms with Crippen molar-refractivity contribution in [3.63, 3.8) is 0 Å². The fourth-order valence-corrected chi connectivity index (χ4v) is 13.9. The van der Waals surface area contributed by atoms with Gasteiger partial charge >= 0.3 is 66.1 Å². The first-order chi connectivity index (χ1) is 25.2. The molecular formula is C41H59F3I5O4S-. The number of ketones is 1. The quantitative estimate of drug-likeness (QED) is 0.120. The number of rotatable bonds is 2. The van der Waals surface area contributed by atoms with Crippen LogP contribution in [-0.4, -0.2) is 19.7 Å². The zero-order valence-electron chi connectivity index (χ0n) is 32.5. The summed E-state index contributed by atoms with van der Waals surface area (Å²) < 4.78 is 66.3. The minimum atomic E-state index is -5.62. The van der Waals surface area contributed by atoms with Crippen LogP contribution in [0.25, 0.3) is 0 Å². The first-order valence-electron chi connectivity index (χ1n) is 19.9. The number of carbonyl (C=O) groups is 1. The second-order valence-corrected chi connectivity index (χ2v) is 36.7. The number of allylic oxidation sites excluding steroid dienone is 6. The van der Waals surface area contributed by atoms with E-state index < -0.39 is 21.0 Å². The summed E-state index contributed by atoms with van der Waals surface area (Å²) in [6, 6.07) is 0. The third-order valence-corrected chi connectivity index (χ3v) is 17.4. The van der Waals surface area contributed by atoms with Crippen LogP contribution in [0.2, 0.25) is 0 Å². The maximum atomic E-state index is 12.8. The van der Waals surface area contributed by atoms with E-state index in [9.17, 15) is 26.4 Å². The number of fused-ring (bicyclic) bond motifs is 10. The third-order valence-electron chi connectivity index (χ3n) is 16.4. The molecule has 0 aromatic carbocycles. The molecule has 0 spiro atoms. The molecule has 13 heteroatoms. The van der Waals surface area contributed by atoms with Crippen LogP contribution in [0.15, 0.2) is 35.1 Å². The minimum absolute atomic E-state index is 0.00507. The molecule has 0 bridgehead atoms. The van der Waals surface area contributed by atoms with E-state index in [0.29, 0.717) is 61.0 Å². The van der Waals surface area contributed by atoms with Crippen molar-refractivity contribution >= 4 is 90.4 Å². The van der Waals surface area contributed by atoms with E-state index >= 15 is 0 Å². The summed E-state index contributed by atoms with van der Waals surface area (Å²) in [5, 5.41) is 0. The van der Waals surface area contributed by atoms with E-state index in [4.69, 9.17) is 0 Å². The van der Waals surface area contributed by atoms with Crippen LogP contribution in [0.3, 0.4) is 0 Å². The van der Waals surface area contributed by atoms with Crippen LogP contribution in [0.1, 0.15) is 138 Å². The average Bonchev–Trinajstić information content (AvgIpc) is 3.61. The monoisotopic (exact) mass is 1340 g/mol. The Morgan fingerprint density at radius 2 is 1.11 bits per heavy atom. The van der Waals surface area contributed by atoms with Gasteiger partial charge in [-0.2, -0.15) is 21.6 Å². The summed E-state index contributed by atoms with van der Waals surface area (Å²) in [5.41, 5.74) is -2.02. The van der Waals surface area contributed by atoms with Crippen LogP contribution in [0, 0.1) is 69.0 Å². The molecule has 5 fully saturated rings. The number of halogens is 8. The summed E-state index contributed by atoms with van der Waals surface area (Å²) in [5.74, 6) is 5.52. The summed E-state index contributed by atoms with van der Waals surface area (Å²) in [6.45, 7) is 13.8. The number of hydrogen-bond donors (Lipinski definition) is 0.